The average molecular weight is 310 g/mol. The number of aromatic nitrogens is 2. The molecule has 1 atom stereocenters. The van der Waals surface area contributed by atoms with Gasteiger partial charge >= 0.3 is 0 Å². The average Bonchev–Trinajstić information content (AvgIpc) is 2.85. The smallest absolute Gasteiger partial charge is 0.226 e. The predicted octanol–water partition coefficient (Wildman–Crippen LogP) is 1.89. The Morgan fingerprint density at radius 1 is 1.57 bits per heavy atom. The SMILES string of the molecule is CSCC(C)(C)C(=O)NC1CCCN(c2ccnn2C)C1. The quantitative estimate of drug-likeness (QED) is 0.902. The molecule has 1 saturated heterocycles. The van der Waals surface area contributed by atoms with Crippen LogP contribution in [0.25, 0.3) is 0 Å². The summed E-state index contributed by atoms with van der Waals surface area (Å²) in [5.74, 6) is 2.13. The molecule has 2 rings (SSSR count). The standard InChI is InChI=1S/C15H26N4OS/c1-15(2,11-21-4)14(20)17-12-6-5-9-19(10-12)13-7-8-16-18(13)3/h7-8,12H,5-6,9-11H2,1-4H3,(H,17,20). The normalized spacial score (nSPS) is 19.6. The summed E-state index contributed by atoms with van der Waals surface area (Å²) in [7, 11) is 1.96. The third-order valence-electron chi connectivity index (χ3n) is 4.00. The molecule has 0 bridgehead atoms. The number of rotatable bonds is 5. The number of aryl methyl sites for hydroxylation is 1. The van der Waals surface area contributed by atoms with E-state index in [9.17, 15) is 4.79 Å². The fourth-order valence-corrected chi connectivity index (χ4v) is 3.64. The summed E-state index contributed by atoms with van der Waals surface area (Å²) < 4.78 is 1.89. The molecular formula is C15H26N4OS. The lowest BCUT2D eigenvalue weighted by Crippen LogP contribution is -2.51. The van der Waals surface area contributed by atoms with Crippen LogP contribution in [-0.4, -0.2) is 46.8 Å². The molecule has 0 aliphatic carbocycles. The molecule has 1 aliphatic rings. The second-order valence-corrected chi connectivity index (χ2v) is 7.25. The molecule has 1 unspecified atom stereocenters. The van der Waals surface area contributed by atoms with Crippen molar-refractivity contribution < 1.29 is 4.79 Å². The molecule has 1 fully saturated rings. The first kappa shape index (κ1) is 16.2. The lowest BCUT2D eigenvalue weighted by atomic mass is 9.94. The predicted molar refractivity (Wildman–Crippen MR) is 88.7 cm³/mol. The molecule has 1 amide bonds. The van der Waals surface area contributed by atoms with E-state index in [0.29, 0.717) is 0 Å². The van der Waals surface area contributed by atoms with Crippen molar-refractivity contribution in [3.63, 3.8) is 0 Å². The van der Waals surface area contributed by atoms with Crippen molar-refractivity contribution in [3.8, 4) is 0 Å². The van der Waals surface area contributed by atoms with Crippen molar-refractivity contribution in [3.05, 3.63) is 12.3 Å². The summed E-state index contributed by atoms with van der Waals surface area (Å²) in [6, 6.07) is 2.25. The minimum Gasteiger partial charge on any atom is -0.355 e. The summed E-state index contributed by atoms with van der Waals surface area (Å²) >= 11 is 1.72. The van der Waals surface area contributed by atoms with Gasteiger partial charge in [-0.1, -0.05) is 13.8 Å². The molecule has 0 saturated carbocycles. The number of nitrogens with one attached hydrogen (secondary N) is 1. The summed E-state index contributed by atoms with van der Waals surface area (Å²) in [5, 5.41) is 7.46. The third-order valence-corrected chi connectivity index (χ3v) is 5.01. The van der Waals surface area contributed by atoms with Crippen LogP contribution >= 0.6 is 11.8 Å². The van der Waals surface area contributed by atoms with Gasteiger partial charge in [0.1, 0.15) is 5.82 Å². The van der Waals surface area contributed by atoms with Crippen molar-refractivity contribution in [2.75, 3.05) is 30.0 Å². The number of carbonyl (C=O) groups excluding carboxylic acids is 1. The van der Waals surface area contributed by atoms with Gasteiger partial charge < -0.3 is 10.2 Å². The molecule has 1 aromatic heterocycles. The highest BCUT2D eigenvalue weighted by atomic mass is 32.2. The van der Waals surface area contributed by atoms with Crippen LogP contribution < -0.4 is 10.2 Å². The van der Waals surface area contributed by atoms with Crippen LogP contribution in [0.5, 0.6) is 0 Å². The number of thioether (sulfide) groups is 1. The highest BCUT2D eigenvalue weighted by Crippen LogP contribution is 2.23. The van der Waals surface area contributed by atoms with Gasteiger partial charge in [-0.25, -0.2) is 0 Å². The topological polar surface area (TPSA) is 50.2 Å². The van der Waals surface area contributed by atoms with Gasteiger partial charge in [-0.3, -0.25) is 9.48 Å². The highest BCUT2D eigenvalue weighted by molar-refractivity contribution is 7.98. The van der Waals surface area contributed by atoms with Crippen LogP contribution in [0.4, 0.5) is 5.82 Å². The van der Waals surface area contributed by atoms with E-state index in [0.717, 1.165) is 37.5 Å². The molecule has 5 nitrogen and oxygen atoms in total. The Bertz CT molecular complexity index is 486. The van der Waals surface area contributed by atoms with Crippen LogP contribution in [0.15, 0.2) is 12.3 Å². The van der Waals surface area contributed by atoms with Crippen molar-refractivity contribution in [1.29, 1.82) is 0 Å². The van der Waals surface area contributed by atoms with Gasteiger partial charge in [0.2, 0.25) is 5.91 Å². The van der Waals surface area contributed by atoms with E-state index in [4.69, 9.17) is 0 Å². The number of anilines is 1. The first-order valence-corrected chi connectivity index (χ1v) is 8.86. The molecule has 2 heterocycles. The number of hydrogen-bond donors (Lipinski definition) is 1. The first-order valence-electron chi connectivity index (χ1n) is 7.47. The number of piperidine rings is 1. The molecular weight excluding hydrogens is 284 g/mol. The molecule has 118 valence electrons. The number of nitrogens with zero attached hydrogens (tertiary/aromatic N) is 3. The molecule has 21 heavy (non-hydrogen) atoms. The van der Waals surface area contributed by atoms with Crippen LogP contribution in [0, 0.1) is 5.41 Å². The zero-order valence-corrected chi connectivity index (χ0v) is 14.2. The van der Waals surface area contributed by atoms with E-state index in [2.05, 4.69) is 15.3 Å². The van der Waals surface area contributed by atoms with Gasteiger partial charge in [-0.05, 0) is 19.1 Å². The van der Waals surface area contributed by atoms with Crippen molar-refractivity contribution in [1.82, 2.24) is 15.1 Å². The van der Waals surface area contributed by atoms with Crippen molar-refractivity contribution in [2.24, 2.45) is 12.5 Å². The highest BCUT2D eigenvalue weighted by Gasteiger charge is 2.30. The minimum atomic E-state index is -0.311. The Labute approximate surface area is 131 Å². The third kappa shape index (κ3) is 3.93. The molecule has 1 N–H and O–H groups in total. The van der Waals surface area contributed by atoms with Gasteiger partial charge in [-0.15, -0.1) is 0 Å². The van der Waals surface area contributed by atoms with E-state index in [-0.39, 0.29) is 17.4 Å². The molecule has 0 aromatic carbocycles. The Morgan fingerprint density at radius 2 is 2.33 bits per heavy atom. The molecule has 6 heteroatoms. The maximum Gasteiger partial charge on any atom is 0.226 e. The lowest BCUT2D eigenvalue weighted by Gasteiger charge is -2.36. The van der Waals surface area contributed by atoms with Gasteiger partial charge in [0.05, 0.1) is 11.6 Å². The van der Waals surface area contributed by atoms with Gasteiger partial charge in [0.15, 0.2) is 0 Å². The van der Waals surface area contributed by atoms with Gasteiger partial charge in [0.25, 0.3) is 0 Å². The van der Waals surface area contributed by atoms with Gasteiger partial charge in [-0.2, -0.15) is 16.9 Å². The Kier molecular flexibility index (Phi) is 5.19. The summed E-state index contributed by atoms with van der Waals surface area (Å²) in [6.45, 7) is 5.92. The second kappa shape index (κ2) is 6.73. The molecule has 1 aromatic rings. The molecule has 0 spiro atoms. The first-order chi connectivity index (χ1) is 9.94. The fourth-order valence-electron chi connectivity index (χ4n) is 2.79. The summed E-state index contributed by atoms with van der Waals surface area (Å²) in [6.07, 6.45) is 6.01. The Hall–Kier alpha value is -1.17. The van der Waals surface area contributed by atoms with Crippen LogP contribution in [0.3, 0.4) is 0 Å². The van der Waals surface area contributed by atoms with E-state index >= 15 is 0 Å². The van der Waals surface area contributed by atoms with Crippen molar-refractivity contribution in [2.45, 2.75) is 32.7 Å². The summed E-state index contributed by atoms with van der Waals surface area (Å²) in [4.78, 5) is 14.7. The lowest BCUT2D eigenvalue weighted by molar-refractivity contribution is -0.129. The zero-order valence-electron chi connectivity index (χ0n) is 13.4. The van der Waals surface area contributed by atoms with E-state index in [1.165, 1.54) is 0 Å². The van der Waals surface area contributed by atoms with E-state index in [1.54, 1.807) is 11.8 Å². The number of amides is 1. The number of hydrogen-bond acceptors (Lipinski definition) is 4. The van der Waals surface area contributed by atoms with Crippen LogP contribution in [-0.2, 0) is 11.8 Å². The fraction of sp³-hybridized carbons (Fsp3) is 0.733. The Balaban J connectivity index is 1.96. The van der Waals surface area contributed by atoms with Crippen LogP contribution in [0.2, 0.25) is 0 Å². The molecule has 1 aliphatic heterocycles. The monoisotopic (exact) mass is 310 g/mol. The minimum absolute atomic E-state index is 0.161. The zero-order chi connectivity index (χ0) is 15.5. The van der Waals surface area contributed by atoms with Gasteiger partial charge in [0, 0.05) is 38.0 Å². The van der Waals surface area contributed by atoms with Crippen molar-refractivity contribution >= 4 is 23.5 Å². The molecule has 0 radical (unpaired) electrons. The Morgan fingerprint density at radius 3 is 2.95 bits per heavy atom. The summed E-state index contributed by atoms with van der Waals surface area (Å²) in [5.41, 5.74) is -0.311. The largest absolute Gasteiger partial charge is 0.355 e. The second-order valence-electron chi connectivity index (χ2n) is 6.39. The van der Waals surface area contributed by atoms with E-state index < -0.39 is 0 Å². The van der Waals surface area contributed by atoms with Crippen LogP contribution in [0.1, 0.15) is 26.7 Å². The number of carbonyl (C=O) groups is 1. The van der Waals surface area contributed by atoms with E-state index in [1.807, 2.05) is 44.1 Å². The maximum atomic E-state index is 12.4. The maximum absolute atomic E-state index is 12.4.